The van der Waals surface area contributed by atoms with Crippen LogP contribution in [0, 0.1) is 34.5 Å². The number of hydrogen-bond donors (Lipinski definition) is 1. The fourth-order valence-electron chi connectivity index (χ4n) is 8.75. The highest BCUT2D eigenvalue weighted by Gasteiger charge is 2.71. The molecule has 0 aromatic rings. The molecule has 4 unspecified atom stereocenters. The summed E-state index contributed by atoms with van der Waals surface area (Å²) in [6.45, 7) is 8.71. The quantitative estimate of drug-likeness (QED) is 0.646. The van der Waals surface area contributed by atoms with Crippen LogP contribution in [0.25, 0.3) is 0 Å². The van der Waals surface area contributed by atoms with E-state index in [4.69, 9.17) is 18.9 Å². The smallest absolute Gasteiger partial charge is 0.303 e. The van der Waals surface area contributed by atoms with Gasteiger partial charge >= 0.3 is 11.9 Å². The van der Waals surface area contributed by atoms with Gasteiger partial charge in [0.15, 0.2) is 5.79 Å². The molecular weight excluding hydrogens is 412 g/mol. The average molecular weight is 451 g/mol. The van der Waals surface area contributed by atoms with E-state index in [1.165, 1.54) is 13.8 Å². The van der Waals surface area contributed by atoms with Crippen LogP contribution in [0.1, 0.15) is 72.6 Å². The lowest BCUT2D eigenvalue weighted by atomic mass is 9.43. The van der Waals surface area contributed by atoms with Crippen LogP contribution in [0.15, 0.2) is 0 Å². The molecule has 4 aliphatic carbocycles. The molecule has 1 spiro atoms. The fraction of sp³-hybridized carbons (Fsp3) is 0.920. The number of rotatable bonds is 2. The molecule has 0 amide bonds. The van der Waals surface area contributed by atoms with Crippen LogP contribution in [0.2, 0.25) is 0 Å². The Bertz CT molecular complexity index is 776. The van der Waals surface area contributed by atoms with Gasteiger partial charge < -0.3 is 24.1 Å². The maximum absolute atomic E-state index is 12.3. The number of ether oxygens (including phenoxy) is 4. The maximum atomic E-state index is 12.3. The minimum atomic E-state index is -0.555. The molecule has 4 saturated carbocycles. The molecule has 180 valence electrons. The molecule has 0 aromatic heterocycles. The maximum Gasteiger partial charge on any atom is 0.303 e. The molecule has 7 nitrogen and oxygen atoms in total. The molecule has 1 heterocycles. The Labute approximate surface area is 190 Å². The number of aliphatic hydroxyl groups is 1. The first-order chi connectivity index (χ1) is 15.1. The van der Waals surface area contributed by atoms with Crippen molar-refractivity contribution in [1.29, 1.82) is 0 Å². The van der Waals surface area contributed by atoms with Crippen LogP contribution in [-0.2, 0) is 28.5 Å². The lowest BCUT2D eigenvalue weighted by molar-refractivity contribution is -0.273. The van der Waals surface area contributed by atoms with Crippen molar-refractivity contribution in [2.24, 2.45) is 34.5 Å². The van der Waals surface area contributed by atoms with Crippen molar-refractivity contribution in [2.45, 2.75) is 96.7 Å². The van der Waals surface area contributed by atoms with Gasteiger partial charge in [-0.2, -0.15) is 0 Å². The Hall–Kier alpha value is -1.18. The largest absolute Gasteiger partial charge is 0.458 e. The molecule has 5 rings (SSSR count). The molecule has 1 N–H and O–H groups in total. The van der Waals surface area contributed by atoms with Gasteiger partial charge in [-0.3, -0.25) is 9.59 Å². The standard InChI is InChI=1S/C25H38O7/c1-14(26)31-21-19-13-16(28)5-8-23(19,3)17-6-9-24(4)18(20(17)22(21)32-15(2)27)7-10-25(24)29-11-12-30-25/h16-22,28H,5-13H2,1-4H3/t16-,17?,18?,19?,20?,21-,22-,23-,24+/m1/s1. The van der Waals surface area contributed by atoms with Crippen LogP contribution in [0.3, 0.4) is 0 Å². The second-order valence-electron chi connectivity index (χ2n) is 11.4. The molecule has 32 heavy (non-hydrogen) atoms. The SMILES string of the molecule is CC(=O)O[C@@H]1C2C(CC[C@@]3(C)C2CCC32OCCO2)[C@@]2(C)CC[C@@H](O)CC2[C@H]1OC(C)=O. The van der Waals surface area contributed by atoms with Gasteiger partial charge in [-0.05, 0) is 55.8 Å². The molecule has 1 aliphatic heterocycles. The van der Waals surface area contributed by atoms with E-state index in [0.717, 1.165) is 38.5 Å². The van der Waals surface area contributed by atoms with E-state index in [-0.39, 0.29) is 40.5 Å². The molecular formula is C25H38O7. The van der Waals surface area contributed by atoms with Crippen molar-refractivity contribution in [3.05, 3.63) is 0 Å². The monoisotopic (exact) mass is 450 g/mol. The third-order valence-electron chi connectivity index (χ3n) is 10.1. The summed E-state index contributed by atoms with van der Waals surface area (Å²) >= 11 is 0. The van der Waals surface area contributed by atoms with Crippen molar-refractivity contribution >= 4 is 11.9 Å². The summed E-state index contributed by atoms with van der Waals surface area (Å²) in [7, 11) is 0. The van der Waals surface area contributed by atoms with Gasteiger partial charge in [0.05, 0.1) is 19.3 Å². The predicted molar refractivity (Wildman–Crippen MR) is 114 cm³/mol. The van der Waals surface area contributed by atoms with Crippen LogP contribution in [-0.4, -0.2) is 54.4 Å². The van der Waals surface area contributed by atoms with E-state index in [1.54, 1.807) is 0 Å². The Morgan fingerprint density at radius 1 is 0.844 bits per heavy atom. The highest BCUT2D eigenvalue weighted by atomic mass is 16.7. The second-order valence-corrected chi connectivity index (χ2v) is 11.4. The number of hydrogen-bond acceptors (Lipinski definition) is 7. The summed E-state index contributed by atoms with van der Waals surface area (Å²) < 4.78 is 24.5. The number of esters is 2. The van der Waals surface area contributed by atoms with Crippen LogP contribution in [0.4, 0.5) is 0 Å². The third-order valence-corrected chi connectivity index (χ3v) is 10.1. The Kier molecular flexibility index (Phi) is 5.42. The van der Waals surface area contributed by atoms with Crippen molar-refractivity contribution in [3.8, 4) is 0 Å². The van der Waals surface area contributed by atoms with Gasteiger partial charge in [0.1, 0.15) is 12.2 Å². The van der Waals surface area contributed by atoms with Crippen molar-refractivity contribution in [2.75, 3.05) is 13.2 Å². The summed E-state index contributed by atoms with van der Waals surface area (Å²) in [5, 5.41) is 10.5. The fourth-order valence-corrected chi connectivity index (χ4v) is 8.75. The highest BCUT2D eigenvalue weighted by molar-refractivity contribution is 5.67. The molecule has 7 heteroatoms. The van der Waals surface area contributed by atoms with Gasteiger partial charge in [0, 0.05) is 37.5 Å². The van der Waals surface area contributed by atoms with Gasteiger partial charge in [-0.25, -0.2) is 0 Å². The number of fused-ring (bicyclic) bond motifs is 6. The summed E-state index contributed by atoms with van der Waals surface area (Å²) in [5.41, 5.74) is -0.240. The Morgan fingerprint density at radius 3 is 2.12 bits per heavy atom. The third kappa shape index (κ3) is 3.10. The van der Waals surface area contributed by atoms with Crippen LogP contribution >= 0.6 is 0 Å². The first-order valence-electron chi connectivity index (χ1n) is 12.4. The van der Waals surface area contributed by atoms with E-state index < -0.39 is 24.1 Å². The van der Waals surface area contributed by atoms with E-state index in [1.807, 2.05) is 0 Å². The highest BCUT2D eigenvalue weighted by Crippen LogP contribution is 2.70. The van der Waals surface area contributed by atoms with E-state index in [0.29, 0.717) is 25.6 Å². The molecule has 1 saturated heterocycles. The lowest BCUT2D eigenvalue weighted by Crippen LogP contribution is -2.66. The molecule has 0 aromatic carbocycles. The van der Waals surface area contributed by atoms with Crippen molar-refractivity contribution in [1.82, 2.24) is 0 Å². The number of aliphatic hydroxyl groups excluding tert-OH is 1. The zero-order chi connectivity index (χ0) is 22.9. The van der Waals surface area contributed by atoms with Gasteiger partial charge in [0.2, 0.25) is 0 Å². The van der Waals surface area contributed by atoms with E-state index in [9.17, 15) is 14.7 Å². The van der Waals surface area contributed by atoms with E-state index in [2.05, 4.69) is 13.8 Å². The summed E-state index contributed by atoms with van der Waals surface area (Å²) in [6.07, 6.45) is 4.58. The van der Waals surface area contributed by atoms with E-state index >= 15 is 0 Å². The van der Waals surface area contributed by atoms with Crippen LogP contribution in [0.5, 0.6) is 0 Å². The zero-order valence-electron chi connectivity index (χ0n) is 19.8. The van der Waals surface area contributed by atoms with Crippen LogP contribution < -0.4 is 0 Å². The summed E-state index contributed by atoms with van der Waals surface area (Å²) in [5.74, 6) is -0.626. The molecule has 0 radical (unpaired) electrons. The Balaban J connectivity index is 1.59. The predicted octanol–water partition coefficient (Wildman–Crippen LogP) is 3.22. The minimum Gasteiger partial charge on any atom is -0.458 e. The summed E-state index contributed by atoms with van der Waals surface area (Å²) in [4.78, 5) is 24.5. The number of carbonyl (C=O) groups is 2. The Morgan fingerprint density at radius 2 is 1.47 bits per heavy atom. The minimum absolute atomic E-state index is 0.0283. The normalized spacial score (nSPS) is 49.1. The number of carbonyl (C=O) groups excluding carboxylic acids is 2. The first-order valence-corrected chi connectivity index (χ1v) is 12.4. The topological polar surface area (TPSA) is 91.3 Å². The van der Waals surface area contributed by atoms with Gasteiger partial charge in [-0.15, -0.1) is 0 Å². The van der Waals surface area contributed by atoms with Gasteiger partial charge in [0.25, 0.3) is 0 Å². The van der Waals surface area contributed by atoms with Crippen molar-refractivity contribution in [3.63, 3.8) is 0 Å². The average Bonchev–Trinajstić information content (AvgIpc) is 3.31. The molecule has 0 bridgehead atoms. The van der Waals surface area contributed by atoms with Crippen molar-refractivity contribution < 1.29 is 33.6 Å². The second kappa shape index (κ2) is 7.67. The molecule has 5 fully saturated rings. The molecule has 9 atom stereocenters. The van der Waals surface area contributed by atoms with Gasteiger partial charge in [-0.1, -0.05) is 13.8 Å². The zero-order valence-corrected chi connectivity index (χ0v) is 19.8. The summed E-state index contributed by atoms with van der Waals surface area (Å²) in [6, 6.07) is 0. The molecule has 5 aliphatic rings. The first kappa shape index (κ1) is 22.6. The lowest BCUT2D eigenvalue weighted by Gasteiger charge is -2.64.